The number of nitrogens with zero attached hydrogens (tertiary/aromatic N) is 2. The van der Waals surface area contributed by atoms with Gasteiger partial charge in [0, 0.05) is 77.3 Å². The van der Waals surface area contributed by atoms with Crippen LogP contribution in [0.2, 0.25) is 0 Å². The molecule has 15 heteroatoms. The fourth-order valence-electron chi connectivity index (χ4n) is 7.84. The van der Waals surface area contributed by atoms with E-state index >= 15 is 0 Å². The molecule has 4 atom stereocenters. The highest BCUT2D eigenvalue weighted by Crippen LogP contribution is 2.38. The minimum Gasteiger partial charge on any atom is -0.446 e. The number of aromatic nitrogens is 4. The van der Waals surface area contributed by atoms with E-state index in [4.69, 9.17) is 9.47 Å². The summed E-state index contributed by atoms with van der Waals surface area (Å²) in [6.07, 6.45) is 5.88. The standard InChI is InChI=1S/C21H26N4O3.C20H25N5O3/c1-12(2)22-21(27)28-18-6-4-14(10-18)19-11-20(25-24-19)23-16-5-3-13-8-17(26)9-15(13)7-16;1-11(2)21-20(27)28-15-6-4-12(7-15)17-10-18(25-24-17)22-14-5-3-13-8-19(26)23-16(13)9-14/h3,5,7,11-12,14,18H,4,6,8-10H2,1-2H3,(H,22,27)(H2,23,24,25);3,5,9-12,15H,4,6-8H2,1-2H3,(H,21,27)(H,23,26)(H2,22,24,25)/t14-,18+;12?,15-/m01/s1. The lowest BCUT2D eigenvalue weighted by molar-refractivity contribution is -0.117. The third kappa shape index (κ3) is 9.86. The number of nitrogens with one attached hydrogen (secondary N) is 7. The Labute approximate surface area is 325 Å². The summed E-state index contributed by atoms with van der Waals surface area (Å²) in [5, 5.41) is 29.9. The van der Waals surface area contributed by atoms with Gasteiger partial charge in [0.25, 0.3) is 0 Å². The number of Topliss-reactive ketones (excluding diaryl/α,β-unsaturated/α-hetero) is 1. The number of ether oxygens (including phenoxy) is 2. The summed E-state index contributed by atoms with van der Waals surface area (Å²) in [7, 11) is 0. The van der Waals surface area contributed by atoms with Gasteiger partial charge in [0.15, 0.2) is 11.6 Å². The Morgan fingerprint density at radius 1 is 0.661 bits per heavy atom. The Kier molecular flexibility index (Phi) is 11.6. The average molecular weight is 766 g/mol. The van der Waals surface area contributed by atoms with Crippen LogP contribution in [0, 0.1) is 0 Å². The van der Waals surface area contributed by atoms with Gasteiger partial charge in [-0.2, -0.15) is 10.2 Å². The number of anilines is 5. The lowest BCUT2D eigenvalue weighted by Gasteiger charge is -2.14. The van der Waals surface area contributed by atoms with Crippen LogP contribution in [0.25, 0.3) is 0 Å². The molecule has 2 fully saturated rings. The highest BCUT2D eigenvalue weighted by molar-refractivity contribution is 5.99. The maximum absolute atomic E-state index is 11.8. The van der Waals surface area contributed by atoms with Gasteiger partial charge in [-0.05, 0) is 107 Å². The van der Waals surface area contributed by atoms with Crippen molar-refractivity contribution in [1.82, 2.24) is 31.0 Å². The monoisotopic (exact) mass is 765 g/mol. The highest BCUT2D eigenvalue weighted by Gasteiger charge is 2.31. The van der Waals surface area contributed by atoms with Crippen LogP contribution < -0.4 is 26.6 Å². The Morgan fingerprint density at radius 2 is 1.18 bits per heavy atom. The third-order valence-corrected chi connectivity index (χ3v) is 10.5. The predicted octanol–water partition coefficient (Wildman–Crippen LogP) is 7.01. The molecule has 15 nitrogen and oxygen atoms in total. The van der Waals surface area contributed by atoms with Crippen LogP contribution in [0.3, 0.4) is 0 Å². The van der Waals surface area contributed by atoms with E-state index in [1.807, 2.05) is 76.2 Å². The van der Waals surface area contributed by atoms with Crippen molar-refractivity contribution in [2.24, 2.45) is 0 Å². The maximum Gasteiger partial charge on any atom is 0.407 e. The fourth-order valence-corrected chi connectivity index (χ4v) is 7.84. The van der Waals surface area contributed by atoms with Gasteiger partial charge < -0.3 is 36.1 Å². The first-order valence-electron chi connectivity index (χ1n) is 19.6. The van der Waals surface area contributed by atoms with Gasteiger partial charge in [0.2, 0.25) is 5.91 Å². The smallest absolute Gasteiger partial charge is 0.407 e. The minimum absolute atomic E-state index is 0.0225. The number of benzene rings is 2. The van der Waals surface area contributed by atoms with Gasteiger partial charge in [0.1, 0.15) is 18.0 Å². The predicted molar refractivity (Wildman–Crippen MR) is 212 cm³/mol. The van der Waals surface area contributed by atoms with Gasteiger partial charge in [0.05, 0.1) is 6.42 Å². The Bertz CT molecular complexity index is 1930. The lowest BCUT2D eigenvalue weighted by Crippen LogP contribution is -2.33. The number of carbonyl (C=O) groups excluding carboxylic acids is 4. The van der Waals surface area contributed by atoms with E-state index < -0.39 is 0 Å². The number of rotatable bonds is 10. The van der Waals surface area contributed by atoms with Crippen molar-refractivity contribution >= 4 is 52.6 Å². The zero-order chi connectivity index (χ0) is 39.3. The zero-order valence-electron chi connectivity index (χ0n) is 32.3. The van der Waals surface area contributed by atoms with Crippen molar-refractivity contribution in [3.05, 3.63) is 76.6 Å². The summed E-state index contributed by atoms with van der Waals surface area (Å²) in [4.78, 5) is 46.6. The number of hydrogen-bond acceptors (Lipinski definition) is 10. The van der Waals surface area contributed by atoms with Crippen LogP contribution in [0.4, 0.5) is 38.3 Å². The molecule has 4 aliphatic rings. The molecule has 3 amide bonds. The number of alkyl carbamates (subject to hydrolysis) is 2. The van der Waals surface area contributed by atoms with E-state index in [-0.39, 0.29) is 48.2 Å². The molecule has 3 heterocycles. The first kappa shape index (κ1) is 38.4. The van der Waals surface area contributed by atoms with Crippen LogP contribution in [-0.2, 0) is 38.3 Å². The van der Waals surface area contributed by atoms with Crippen molar-refractivity contribution < 1.29 is 28.7 Å². The average Bonchev–Trinajstić information content (AvgIpc) is 3.97. The number of aromatic amines is 2. The van der Waals surface area contributed by atoms with E-state index in [0.29, 0.717) is 31.1 Å². The fraction of sp³-hybridized carbons (Fsp3) is 0.463. The number of H-pyrrole nitrogens is 2. The molecule has 2 saturated carbocycles. The molecule has 4 aromatic rings. The summed E-state index contributed by atoms with van der Waals surface area (Å²) < 4.78 is 11.0. The van der Waals surface area contributed by atoms with Crippen LogP contribution in [0.15, 0.2) is 48.5 Å². The summed E-state index contributed by atoms with van der Waals surface area (Å²) in [5.74, 6) is 2.36. The summed E-state index contributed by atoms with van der Waals surface area (Å²) in [6.45, 7) is 7.65. The van der Waals surface area contributed by atoms with E-state index in [1.165, 1.54) is 0 Å². The second-order valence-corrected chi connectivity index (χ2v) is 15.8. The zero-order valence-corrected chi connectivity index (χ0v) is 32.3. The molecule has 296 valence electrons. The van der Waals surface area contributed by atoms with Crippen molar-refractivity contribution in [1.29, 1.82) is 0 Å². The van der Waals surface area contributed by atoms with E-state index in [0.717, 1.165) is 95.3 Å². The first-order chi connectivity index (χ1) is 26.9. The van der Waals surface area contributed by atoms with Crippen molar-refractivity contribution in [2.45, 2.75) is 122 Å². The summed E-state index contributed by atoms with van der Waals surface area (Å²) in [5.41, 5.74) is 7.97. The molecule has 0 spiro atoms. The van der Waals surface area contributed by atoms with E-state index in [1.54, 1.807) is 0 Å². The van der Waals surface area contributed by atoms with Crippen molar-refractivity contribution in [3.63, 3.8) is 0 Å². The van der Waals surface area contributed by atoms with E-state index in [2.05, 4.69) is 47.0 Å². The second-order valence-electron chi connectivity index (χ2n) is 15.8. The number of amides is 3. The molecular formula is C41H51N9O6. The lowest BCUT2D eigenvalue weighted by atomic mass is 10.0. The van der Waals surface area contributed by atoms with Gasteiger partial charge >= 0.3 is 12.2 Å². The molecule has 3 aliphatic carbocycles. The maximum atomic E-state index is 11.8. The minimum atomic E-state index is -0.351. The largest absolute Gasteiger partial charge is 0.446 e. The highest BCUT2D eigenvalue weighted by atomic mass is 16.6. The molecule has 7 N–H and O–H groups in total. The summed E-state index contributed by atoms with van der Waals surface area (Å²) in [6, 6.07) is 16.0. The molecule has 0 bridgehead atoms. The number of carbonyl (C=O) groups is 4. The normalized spacial score (nSPS) is 20.9. The third-order valence-electron chi connectivity index (χ3n) is 10.5. The number of ketones is 1. The Morgan fingerprint density at radius 3 is 1.73 bits per heavy atom. The molecule has 0 radical (unpaired) electrons. The molecule has 2 aromatic heterocycles. The molecule has 1 unspecified atom stereocenters. The van der Waals surface area contributed by atoms with Gasteiger partial charge in [-0.15, -0.1) is 0 Å². The quantitative estimate of drug-likeness (QED) is 0.0880. The molecular weight excluding hydrogens is 715 g/mol. The first-order valence-corrected chi connectivity index (χ1v) is 19.6. The van der Waals surface area contributed by atoms with Crippen LogP contribution in [-0.4, -0.2) is 68.6 Å². The molecule has 2 aromatic carbocycles. The van der Waals surface area contributed by atoms with Gasteiger partial charge in [-0.1, -0.05) is 12.1 Å². The van der Waals surface area contributed by atoms with Crippen molar-refractivity contribution in [2.75, 3.05) is 16.0 Å². The molecule has 56 heavy (non-hydrogen) atoms. The number of fused-ring (bicyclic) bond motifs is 2. The SMILES string of the molecule is CC(C)NC(=O)O[C@@H]1CCC(c2cc(Nc3ccc4c(c3)NC(=O)C4)n[nH]2)C1.CC(C)NC(=O)O[C@@H]1CC[C@H](c2cc(Nc3ccc4c(c3)CC(=O)C4)n[nH]2)C1. The Hall–Kier alpha value is -5.86. The van der Waals surface area contributed by atoms with Crippen LogP contribution in [0.5, 0.6) is 0 Å². The summed E-state index contributed by atoms with van der Waals surface area (Å²) >= 11 is 0. The van der Waals surface area contributed by atoms with E-state index in [9.17, 15) is 19.2 Å². The Balaban J connectivity index is 0.000000172. The topological polar surface area (TPSA) is 204 Å². The second kappa shape index (κ2) is 16.9. The van der Waals surface area contributed by atoms with Crippen molar-refractivity contribution in [3.8, 4) is 0 Å². The molecule has 8 rings (SSSR count). The van der Waals surface area contributed by atoms with Gasteiger partial charge in [-0.3, -0.25) is 19.8 Å². The molecule has 1 aliphatic heterocycles. The van der Waals surface area contributed by atoms with Crippen LogP contribution in [0.1, 0.15) is 106 Å². The van der Waals surface area contributed by atoms with Crippen LogP contribution >= 0.6 is 0 Å². The number of hydrogen-bond donors (Lipinski definition) is 7. The molecule has 0 saturated heterocycles. The van der Waals surface area contributed by atoms with Gasteiger partial charge in [-0.25, -0.2) is 9.59 Å².